The number of hydrogen-bond donors (Lipinski definition) is 2. The molecular formula is C17H17NO2S. The summed E-state index contributed by atoms with van der Waals surface area (Å²) in [4.78, 5) is 13.3. The maximum atomic E-state index is 12.5. The molecule has 2 aromatic rings. The van der Waals surface area contributed by atoms with Crippen molar-refractivity contribution in [2.24, 2.45) is 0 Å². The topological polar surface area (TPSA) is 38.3 Å². The van der Waals surface area contributed by atoms with E-state index in [0.29, 0.717) is 12.2 Å². The van der Waals surface area contributed by atoms with Gasteiger partial charge in [0.2, 0.25) is 0 Å². The molecule has 21 heavy (non-hydrogen) atoms. The number of carbonyl (C=O) groups excluding carboxylic acids is 1. The molecule has 4 heteroatoms. The van der Waals surface area contributed by atoms with E-state index in [1.54, 1.807) is 6.07 Å². The van der Waals surface area contributed by atoms with Crippen LogP contribution in [-0.4, -0.2) is 12.5 Å². The fraction of sp³-hybridized carbons (Fsp3) is 0.235. The number of fused-ring (bicyclic) bond motifs is 1. The number of hydrogen-bond acceptors (Lipinski definition) is 3. The number of nitrogens with one attached hydrogen (secondary N) is 1. The summed E-state index contributed by atoms with van der Waals surface area (Å²) < 4.78 is 5.62. The number of aryl methyl sites for hydroxylation is 1. The van der Waals surface area contributed by atoms with E-state index < -0.39 is 0 Å². The van der Waals surface area contributed by atoms with E-state index in [9.17, 15) is 4.79 Å². The second kappa shape index (κ2) is 5.82. The summed E-state index contributed by atoms with van der Waals surface area (Å²) in [5, 5.41) is 3.11. The van der Waals surface area contributed by atoms with Crippen LogP contribution in [-0.2, 0) is 0 Å². The third-order valence-corrected chi connectivity index (χ3v) is 4.01. The van der Waals surface area contributed by atoms with Gasteiger partial charge < -0.3 is 10.1 Å². The van der Waals surface area contributed by atoms with Crippen LogP contribution in [0.15, 0.2) is 47.4 Å². The summed E-state index contributed by atoms with van der Waals surface area (Å²) in [5.41, 5.74) is 2.66. The summed E-state index contributed by atoms with van der Waals surface area (Å²) in [6.07, 6.45) is 0.780. The Morgan fingerprint density at radius 3 is 2.95 bits per heavy atom. The minimum atomic E-state index is -0.0647. The Morgan fingerprint density at radius 1 is 1.29 bits per heavy atom. The molecule has 1 atom stereocenters. The average molecular weight is 299 g/mol. The molecule has 0 spiro atoms. The van der Waals surface area contributed by atoms with Gasteiger partial charge in [0.05, 0.1) is 12.6 Å². The van der Waals surface area contributed by atoms with E-state index in [2.05, 4.69) is 17.9 Å². The molecular weight excluding hydrogens is 282 g/mol. The van der Waals surface area contributed by atoms with Crippen molar-refractivity contribution in [1.29, 1.82) is 0 Å². The highest BCUT2D eigenvalue weighted by Gasteiger charge is 2.23. The third-order valence-electron chi connectivity index (χ3n) is 3.73. The van der Waals surface area contributed by atoms with Crippen LogP contribution in [0.2, 0.25) is 0 Å². The largest absolute Gasteiger partial charge is 0.493 e. The molecule has 0 saturated heterocycles. The Bertz CT molecular complexity index is 684. The van der Waals surface area contributed by atoms with Gasteiger partial charge in [-0.05, 0) is 30.7 Å². The quantitative estimate of drug-likeness (QED) is 0.833. The Hall–Kier alpha value is -1.94. The van der Waals surface area contributed by atoms with Crippen molar-refractivity contribution in [3.63, 3.8) is 0 Å². The van der Waals surface area contributed by atoms with Crippen molar-refractivity contribution < 1.29 is 9.53 Å². The minimum Gasteiger partial charge on any atom is -0.493 e. The van der Waals surface area contributed by atoms with E-state index in [4.69, 9.17) is 4.74 Å². The lowest BCUT2D eigenvalue weighted by molar-refractivity contribution is 0.0924. The standard InChI is InChI=1S/C17H17NO2S/c1-11-6-7-12(21)10-14(11)17(19)18-15-8-9-20-16-5-3-2-4-13(15)16/h2-7,10,15,21H,8-9H2,1H3,(H,18,19). The normalized spacial score (nSPS) is 16.8. The lowest BCUT2D eigenvalue weighted by Gasteiger charge is -2.26. The summed E-state index contributed by atoms with van der Waals surface area (Å²) in [5.74, 6) is 0.791. The summed E-state index contributed by atoms with van der Waals surface area (Å²) >= 11 is 4.31. The number of thiol groups is 1. The van der Waals surface area contributed by atoms with Crippen molar-refractivity contribution in [2.45, 2.75) is 24.3 Å². The first-order valence-corrected chi connectivity index (χ1v) is 7.42. The molecule has 1 unspecified atom stereocenters. The van der Waals surface area contributed by atoms with Gasteiger partial charge in [0.1, 0.15) is 5.75 Å². The first-order chi connectivity index (χ1) is 10.1. The van der Waals surface area contributed by atoms with Crippen molar-refractivity contribution in [1.82, 2.24) is 5.32 Å². The number of para-hydroxylation sites is 1. The van der Waals surface area contributed by atoms with Gasteiger partial charge in [0.15, 0.2) is 0 Å². The number of carbonyl (C=O) groups is 1. The molecule has 1 N–H and O–H groups in total. The van der Waals surface area contributed by atoms with Crippen LogP contribution in [0, 0.1) is 6.92 Å². The molecule has 108 valence electrons. The van der Waals surface area contributed by atoms with E-state index in [1.807, 2.05) is 43.3 Å². The molecule has 0 radical (unpaired) electrons. The maximum Gasteiger partial charge on any atom is 0.252 e. The zero-order valence-corrected chi connectivity index (χ0v) is 12.7. The lowest BCUT2D eigenvalue weighted by atomic mass is 9.99. The smallest absolute Gasteiger partial charge is 0.252 e. The number of rotatable bonds is 2. The van der Waals surface area contributed by atoms with Crippen molar-refractivity contribution >= 4 is 18.5 Å². The van der Waals surface area contributed by atoms with Crippen LogP contribution in [0.5, 0.6) is 5.75 Å². The van der Waals surface area contributed by atoms with Gasteiger partial charge in [-0.1, -0.05) is 24.3 Å². The number of amides is 1. The molecule has 0 fully saturated rings. The average Bonchev–Trinajstić information content (AvgIpc) is 2.50. The van der Waals surface area contributed by atoms with Gasteiger partial charge in [-0.15, -0.1) is 12.6 Å². The highest BCUT2D eigenvalue weighted by Crippen LogP contribution is 2.31. The van der Waals surface area contributed by atoms with Gasteiger partial charge >= 0.3 is 0 Å². The van der Waals surface area contributed by atoms with E-state index in [1.165, 1.54) is 0 Å². The molecule has 1 amide bonds. The van der Waals surface area contributed by atoms with Crippen LogP contribution in [0.3, 0.4) is 0 Å². The van der Waals surface area contributed by atoms with Crippen molar-refractivity contribution in [3.8, 4) is 5.75 Å². The molecule has 1 heterocycles. The van der Waals surface area contributed by atoms with Gasteiger partial charge in [0.25, 0.3) is 5.91 Å². The molecule has 3 rings (SSSR count). The number of ether oxygens (including phenoxy) is 1. The van der Waals surface area contributed by atoms with Crippen LogP contribution in [0.1, 0.15) is 33.9 Å². The Labute approximate surface area is 129 Å². The van der Waals surface area contributed by atoms with Gasteiger partial charge in [-0.3, -0.25) is 4.79 Å². The van der Waals surface area contributed by atoms with Gasteiger partial charge in [-0.25, -0.2) is 0 Å². The first-order valence-electron chi connectivity index (χ1n) is 6.97. The number of benzene rings is 2. The van der Waals surface area contributed by atoms with Crippen molar-refractivity contribution in [3.05, 3.63) is 59.2 Å². The molecule has 0 saturated carbocycles. The second-order valence-corrected chi connectivity index (χ2v) is 5.72. The van der Waals surface area contributed by atoms with E-state index in [0.717, 1.165) is 28.2 Å². The second-order valence-electron chi connectivity index (χ2n) is 5.20. The monoisotopic (exact) mass is 299 g/mol. The Balaban J connectivity index is 1.84. The zero-order chi connectivity index (χ0) is 14.8. The predicted octanol–water partition coefficient (Wildman–Crippen LogP) is 3.54. The van der Waals surface area contributed by atoms with Crippen LogP contribution >= 0.6 is 12.6 Å². The van der Waals surface area contributed by atoms with Gasteiger partial charge in [0, 0.05) is 22.4 Å². The predicted molar refractivity (Wildman–Crippen MR) is 85.2 cm³/mol. The summed E-state index contributed by atoms with van der Waals surface area (Å²) in [6.45, 7) is 2.55. The molecule has 1 aliphatic heterocycles. The molecule has 0 aromatic heterocycles. The van der Waals surface area contributed by atoms with Crippen LogP contribution in [0.4, 0.5) is 0 Å². The highest BCUT2D eigenvalue weighted by atomic mass is 32.1. The molecule has 3 nitrogen and oxygen atoms in total. The fourth-order valence-corrected chi connectivity index (χ4v) is 2.79. The lowest BCUT2D eigenvalue weighted by Crippen LogP contribution is -2.32. The maximum absolute atomic E-state index is 12.5. The minimum absolute atomic E-state index is 0.00887. The highest BCUT2D eigenvalue weighted by molar-refractivity contribution is 7.80. The molecule has 1 aliphatic rings. The fourth-order valence-electron chi connectivity index (χ4n) is 2.58. The third kappa shape index (κ3) is 2.90. The van der Waals surface area contributed by atoms with E-state index >= 15 is 0 Å². The molecule has 0 bridgehead atoms. The SMILES string of the molecule is Cc1ccc(S)cc1C(=O)NC1CCOc2ccccc21. The van der Waals surface area contributed by atoms with Crippen molar-refractivity contribution in [2.75, 3.05) is 6.61 Å². The molecule has 0 aliphatic carbocycles. The van der Waals surface area contributed by atoms with E-state index in [-0.39, 0.29) is 11.9 Å². The van der Waals surface area contributed by atoms with Gasteiger partial charge in [-0.2, -0.15) is 0 Å². The summed E-state index contributed by atoms with van der Waals surface area (Å²) in [6, 6.07) is 13.4. The van der Waals surface area contributed by atoms with Crippen LogP contribution in [0.25, 0.3) is 0 Å². The molecule has 2 aromatic carbocycles. The van der Waals surface area contributed by atoms with Crippen LogP contribution < -0.4 is 10.1 Å². The first kappa shape index (κ1) is 14.0. The Morgan fingerprint density at radius 2 is 2.10 bits per heavy atom. The summed E-state index contributed by atoms with van der Waals surface area (Å²) in [7, 11) is 0. The Kier molecular flexibility index (Phi) is 3.88. The zero-order valence-electron chi connectivity index (χ0n) is 11.8.